The van der Waals surface area contributed by atoms with Crippen LogP contribution in [0.2, 0.25) is 5.02 Å². The van der Waals surface area contributed by atoms with Crippen molar-refractivity contribution < 1.29 is 4.74 Å². The number of ether oxygens (including phenoxy) is 1. The summed E-state index contributed by atoms with van der Waals surface area (Å²) in [4.78, 5) is 14.5. The zero-order valence-corrected chi connectivity index (χ0v) is 13.4. The van der Waals surface area contributed by atoms with Gasteiger partial charge in [0.25, 0.3) is 5.56 Å². The highest BCUT2D eigenvalue weighted by Gasteiger charge is 2.21. The van der Waals surface area contributed by atoms with Gasteiger partial charge in [-0.05, 0) is 25.4 Å². The molecule has 1 aromatic heterocycles. The van der Waals surface area contributed by atoms with E-state index < -0.39 is 0 Å². The van der Waals surface area contributed by atoms with E-state index in [1.807, 2.05) is 0 Å². The number of methoxy groups -OCH3 is 1. The van der Waals surface area contributed by atoms with E-state index in [4.69, 9.17) is 16.3 Å². The number of aromatic nitrogens is 2. The molecule has 0 saturated carbocycles. The maximum absolute atomic E-state index is 12.1. The maximum atomic E-state index is 12.1. The molecule has 1 fully saturated rings. The van der Waals surface area contributed by atoms with Crippen molar-refractivity contribution in [2.24, 2.45) is 5.92 Å². The topological polar surface area (TPSA) is 59.4 Å². The third-order valence-electron chi connectivity index (χ3n) is 3.89. The van der Waals surface area contributed by atoms with Crippen molar-refractivity contribution in [3.8, 4) is 0 Å². The average molecular weight is 315 g/mol. The van der Waals surface area contributed by atoms with Crippen molar-refractivity contribution in [3.05, 3.63) is 21.6 Å². The van der Waals surface area contributed by atoms with Crippen LogP contribution < -0.4 is 10.9 Å². The van der Waals surface area contributed by atoms with E-state index in [0.29, 0.717) is 24.8 Å². The SMILES string of the molecule is CCN1CCC(CNc2cnn(CCOC)c(=O)c2Cl)C1. The molecule has 0 amide bonds. The number of likely N-dealkylation sites (tertiary alicyclic amines) is 1. The average Bonchev–Trinajstić information content (AvgIpc) is 2.96. The molecule has 0 bridgehead atoms. The number of rotatable bonds is 7. The fraction of sp³-hybridized carbons (Fsp3) is 0.714. The van der Waals surface area contributed by atoms with Gasteiger partial charge in [-0.2, -0.15) is 5.10 Å². The van der Waals surface area contributed by atoms with Crippen LogP contribution in [0.4, 0.5) is 5.69 Å². The molecule has 2 heterocycles. The molecule has 1 unspecified atom stereocenters. The van der Waals surface area contributed by atoms with Crippen molar-refractivity contribution >= 4 is 17.3 Å². The van der Waals surface area contributed by atoms with Gasteiger partial charge in [0.15, 0.2) is 0 Å². The quantitative estimate of drug-likeness (QED) is 0.822. The first kappa shape index (κ1) is 16.3. The smallest absolute Gasteiger partial charge is 0.287 e. The summed E-state index contributed by atoms with van der Waals surface area (Å²) < 4.78 is 6.27. The van der Waals surface area contributed by atoms with Gasteiger partial charge in [-0.3, -0.25) is 4.79 Å². The molecular formula is C14H23ClN4O2. The molecule has 1 aromatic rings. The Morgan fingerprint density at radius 1 is 1.57 bits per heavy atom. The van der Waals surface area contributed by atoms with Crippen molar-refractivity contribution in [1.82, 2.24) is 14.7 Å². The minimum absolute atomic E-state index is 0.200. The molecule has 1 aliphatic rings. The lowest BCUT2D eigenvalue weighted by atomic mass is 10.1. The normalized spacial score (nSPS) is 19.1. The largest absolute Gasteiger partial charge is 0.383 e. The highest BCUT2D eigenvalue weighted by atomic mass is 35.5. The Kier molecular flexibility index (Phi) is 6.02. The predicted molar refractivity (Wildman–Crippen MR) is 84.1 cm³/mol. The minimum atomic E-state index is -0.277. The van der Waals surface area contributed by atoms with Crippen LogP contribution in [0, 0.1) is 5.92 Å². The van der Waals surface area contributed by atoms with Crippen LogP contribution in [0.25, 0.3) is 0 Å². The third-order valence-corrected chi connectivity index (χ3v) is 4.26. The first-order valence-corrected chi connectivity index (χ1v) is 7.74. The Morgan fingerprint density at radius 2 is 2.38 bits per heavy atom. The van der Waals surface area contributed by atoms with Crippen molar-refractivity contribution in [3.63, 3.8) is 0 Å². The second kappa shape index (κ2) is 7.77. The van der Waals surface area contributed by atoms with Gasteiger partial charge in [0.2, 0.25) is 0 Å². The van der Waals surface area contributed by atoms with Crippen molar-refractivity contribution in [1.29, 1.82) is 0 Å². The maximum Gasteiger partial charge on any atom is 0.287 e. The van der Waals surface area contributed by atoms with E-state index >= 15 is 0 Å². The fourth-order valence-electron chi connectivity index (χ4n) is 2.55. The monoisotopic (exact) mass is 314 g/mol. The van der Waals surface area contributed by atoms with Gasteiger partial charge in [-0.25, -0.2) is 4.68 Å². The summed E-state index contributed by atoms with van der Waals surface area (Å²) in [6, 6.07) is 0. The van der Waals surface area contributed by atoms with Crippen molar-refractivity contribution in [2.75, 3.05) is 45.2 Å². The molecule has 0 radical (unpaired) electrons. The van der Waals surface area contributed by atoms with Gasteiger partial charge in [0.05, 0.1) is 25.0 Å². The number of hydrogen-bond acceptors (Lipinski definition) is 5. The summed E-state index contributed by atoms with van der Waals surface area (Å²) in [6.07, 6.45) is 2.79. The van der Waals surface area contributed by atoms with E-state index in [-0.39, 0.29) is 10.6 Å². The van der Waals surface area contributed by atoms with E-state index in [2.05, 4.69) is 22.2 Å². The lowest BCUT2D eigenvalue weighted by Crippen LogP contribution is -2.27. The summed E-state index contributed by atoms with van der Waals surface area (Å²) in [6.45, 7) is 7.17. The van der Waals surface area contributed by atoms with E-state index in [1.165, 1.54) is 11.1 Å². The van der Waals surface area contributed by atoms with Crippen LogP contribution in [0.3, 0.4) is 0 Å². The third kappa shape index (κ3) is 4.18. The zero-order valence-electron chi connectivity index (χ0n) is 12.6. The molecule has 1 saturated heterocycles. The van der Waals surface area contributed by atoms with Gasteiger partial charge in [-0.1, -0.05) is 18.5 Å². The van der Waals surface area contributed by atoms with E-state index in [0.717, 1.165) is 26.2 Å². The predicted octanol–water partition coefficient (Wildman–Crippen LogP) is 1.30. The molecule has 7 heteroatoms. The van der Waals surface area contributed by atoms with Crippen molar-refractivity contribution in [2.45, 2.75) is 19.9 Å². The standard InChI is InChI=1S/C14H23ClN4O2/c1-3-18-5-4-11(10-18)8-16-12-9-17-19(6-7-21-2)14(20)13(12)15/h9,11,16H,3-8,10H2,1-2H3. The summed E-state index contributed by atoms with van der Waals surface area (Å²) in [5, 5.41) is 7.58. The van der Waals surface area contributed by atoms with Gasteiger partial charge >= 0.3 is 0 Å². The first-order valence-electron chi connectivity index (χ1n) is 7.36. The Balaban J connectivity index is 1.95. The lowest BCUT2D eigenvalue weighted by Gasteiger charge is -2.15. The number of anilines is 1. The van der Waals surface area contributed by atoms with Gasteiger partial charge < -0.3 is 15.0 Å². The summed E-state index contributed by atoms with van der Waals surface area (Å²) in [7, 11) is 1.59. The number of halogens is 1. The zero-order chi connectivity index (χ0) is 15.2. The van der Waals surface area contributed by atoms with Gasteiger partial charge in [-0.15, -0.1) is 0 Å². The van der Waals surface area contributed by atoms with Crippen LogP contribution in [0.5, 0.6) is 0 Å². The minimum Gasteiger partial charge on any atom is -0.383 e. The van der Waals surface area contributed by atoms with Gasteiger partial charge in [0.1, 0.15) is 5.02 Å². The van der Waals surface area contributed by atoms with Crippen LogP contribution in [0.1, 0.15) is 13.3 Å². The lowest BCUT2D eigenvalue weighted by molar-refractivity contribution is 0.182. The Hall–Kier alpha value is -1.11. The highest BCUT2D eigenvalue weighted by Crippen LogP contribution is 2.19. The molecule has 21 heavy (non-hydrogen) atoms. The number of nitrogens with one attached hydrogen (secondary N) is 1. The van der Waals surface area contributed by atoms with E-state index in [1.54, 1.807) is 13.3 Å². The fourth-order valence-corrected chi connectivity index (χ4v) is 2.76. The first-order chi connectivity index (χ1) is 10.2. The summed E-state index contributed by atoms with van der Waals surface area (Å²) in [5.41, 5.74) is 0.339. The van der Waals surface area contributed by atoms with Crippen LogP contribution >= 0.6 is 11.6 Å². The molecule has 1 aliphatic heterocycles. The molecule has 118 valence electrons. The molecule has 1 N–H and O–H groups in total. The highest BCUT2D eigenvalue weighted by molar-refractivity contribution is 6.32. The Bertz CT molecular complexity index is 520. The summed E-state index contributed by atoms with van der Waals surface area (Å²) in [5.74, 6) is 0.594. The molecule has 0 spiro atoms. The van der Waals surface area contributed by atoms with Crippen LogP contribution in [-0.4, -0.2) is 54.6 Å². The summed E-state index contributed by atoms with van der Waals surface area (Å²) >= 11 is 6.13. The Labute approximate surface area is 130 Å². The molecule has 1 atom stereocenters. The number of hydrogen-bond donors (Lipinski definition) is 1. The second-order valence-electron chi connectivity index (χ2n) is 5.32. The number of nitrogens with zero attached hydrogens (tertiary/aromatic N) is 3. The molecule has 0 aliphatic carbocycles. The molecule has 2 rings (SSSR count). The molecular weight excluding hydrogens is 292 g/mol. The Morgan fingerprint density at radius 3 is 3.05 bits per heavy atom. The molecule has 0 aromatic carbocycles. The van der Waals surface area contributed by atoms with Crippen LogP contribution in [0.15, 0.2) is 11.0 Å². The second-order valence-corrected chi connectivity index (χ2v) is 5.70. The van der Waals surface area contributed by atoms with Gasteiger partial charge in [0, 0.05) is 20.2 Å². The van der Waals surface area contributed by atoms with Crippen LogP contribution in [-0.2, 0) is 11.3 Å². The van der Waals surface area contributed by atoms with E-state index in [9.17, 15) is 4.79 Å². The molecule has 6 nitrogen and oxygen atoms in total.